The number of halogens is 3. The highest BCUT2D eigenvalue weighted by atomic mass is 35.5. The quantitative estimate of drug-likeness (QED) is 0.559. The zero-order valence-corrected chi connectivity index (χ0v) is 19.9. The van der Waals surface area contributed by atoms with Crippen LogP contribution in [0.3, 0.4) is 0 Å². The highest BCUT2D eigenvalue weighted by molar-refractivity contribution is 6.42. The van der Waals surface area contributed by atoms with Gasteiger partial charge >= 0.3 is 0 Å². The summed E-state index contributed by atoms with van der Waals surface area (Å²) in [6.07, 6.45) is 1.05. The van der Waals surface area contributed by atoms with Gasteiger partial charge in [-0.25, -0.2) is 4.39 Å². The van der Waals surface area contributed by atoms with E-state index in [2.05, 4.69) is 0 Å². The Balaban J connectivity index is 1.45. The summed E-state index contributed by atoms with van der Waals surface area (Å²) in [6, 6.07) is 5.10. The van der Waals surface area contributed by atoms with Crippen molar-refractivity contribution in [2.45, 2.75) is 37.6 Å². The van der Waals surface area contributed by atoms with Crippen molar-refractivity contribution in [2.24, 2.45) is 0 Å². The number of amides is 2. The van der Waals surface area contributed by atoms with E-state index >= 15 is 0 Å². The number of nitrogens with zero attached hydrogens (tertiary/aromatic N) is 3. The molecule has 0 saturated carbocycles. The van der Waals surface area contributed by atoms with Gasteiger partial charge in [-0.3, -0.25) is 14.5 Å². The third kappa shape index (κ3) is 7.65. The fourth-order valence-corrected chi connectivity index (χ4v) is 4.35. The Kier molecular flexibility index (Phi) is 9.52. The third-order valence-corrected chi connectivity index (χ3v) is 6.79. The zero-order valence-electron chi connectivity index (χ0n) is 18.4. The van der Waals surface area contributed by atoms with Crippen molar-refractivity contribution in [3.05, 3.63) is 39.9 Å². The van der Waals surface area contributed by atoms with Crippen molar-refractivity contribution < 1.29 is 24.2 Å². The number of likely N-dealkylation sites (tertiary alicyclic amines) is 1. The Bertz CT molecular complexity index is 872. The Morgan fingerprint density at radius 3 is 2.73 bits per heavy atom. The highest BCUT2D eigenvalue weighted by Crippen LogP contribution is 2.23. The molecule has 0 spiro atoms. The third-order valence-electron chi connectivity index (χ3n) is 6.05. The Hall–Kier alpha value is -1.71. The summed E-state index contributed by atoms with van der Waals surface area (Å²) in [6.45, 7) is 2.53. The van der Waals surface area contributed by atoms with E-state index in [1.807, 2.05) is 4.90 Å². The average molecular weight is 502 g/mol. The van der Waals surface area contributed by atoms with Crippen LogP contribution in [0.15, 0.2) is 24.3 Å². The molecule has 0 aromatic heterocycles. The maximum Gasteiger partial charge on any atom is 0.246 e. The van der Waals surface area contributed by atoms with Gasteiger partial charge in [0.2, 0.25) is 11.8 Å². The largest absolute Gasteiger partial charge is 0.392 e. The number of hydrogen-bond acceptors (Lipinski definition) is 5. The molecule has 0 aliphatic carbocycles. The lowest BCUT2D eigenvalue weighted by molar-refractivity contribution is -0.130. The number of aliphatic hydroxyl groups excluding tert-OH is 2. The van der Waals surface area contributed by atoms with Crippen LogP contribution >= 0.6 is 23.2 Å². The summed E-state index contributed by atoms with van der Waals surface area (Å²) in [7, 11) is 0. The van der Waals surface area contributed by atoms with E-state index in [1.54, 1.807) is 34.1 Å². The van der Waals surface area contributed by atoms with E-state index in [4.69, 9.17) is 23.2 Å². The van der Waals surface area contributed by atoms with Crippen LogP contribution in [0.1, 0.15) is 24.8 Å². The molecule has 2 saturated heterocycles. The molecule has 2 N–H and O–H groups in total. The summed E-state index contributed by atoms with van der Waals surface area (Å²) in [5, 5.41) is 20.9. The summed E-state index contributed by atoms with van der Waals surface area (Å²) in [5.41, 5.74) is 0.752. The molecule has 10 heteroatoms. The SMILES string of the molecule is O=C(C=Cc1ccc(Cl)c(Cl)c1)N1CCC(=O)N(CCC(O)CN2CC[C@H](F)[C@@H](O)C2)CC1. The predicted molar refractivity (Wildman–Crippen MR) is 126 cm³/mol. The molecule has 0 radical (unpaired) electrons. The standard InChI is InChI=1S/C23H30Cl2FN3O4/c24-18-3-1-16(13-19(18)25)2-4-22(32)29-10-7-23(33)28(11-12-29)9-5-17(30)14-27-8-6-20(26)21(31)15-27/h1-4,13,17,20-21,30-31H,5-12,14-15H2/t17?,20-,21-/m0/s1. The van der Waals surface area contributed by atoms with Crippen LogP contribution in [-0.4, -0.2) is 101 Å². The topological polar surface area (TPSA) is 84.3 Å². The van der Waals surface area contributed by atoms with Gasteiger partial charge in [0.1, 0.15) is 6.17 Å². The highest BCUT2D eigenvalue weighted by Gasteiger charge is 2.29. The van der Waals surface area contributed by atoms with Crippen molar-refractivity contribution in [3.63, 3.8) is 0 Å². The Labute approximate surface area is 203 Å². The molecule has 33 heavy (non-hydrogen) atoms. The Morgan fingerprint density at radius 1 is 1.21 bits per heavy atom. The van der Waals surface area contributed by atoms with Gasteiger partial charge in [0.25, 0.3) is 0 Å². The van der Waals surface area contributed by atoms with E-state index in [0.717, 1.165) is 5.56 Å². The number of alkyl halides is 1. The number of rotatable bonds is 7. The lowest BCUT2D eigenvalue weighted by atomic mass is 10.1. The average Bonchev–Trinajstić information content (AvgIpc) is 2.97. The minimum absolute atomic E-state index is 0.0559. The number of aliphatic hydroxyl groups is 2. The van der Waals surface area contributed by atoms with E-state index in [9.17, 15) is 24.2 Å². The lowest BCUT2D eigenvalue weighted by Gasteiger charge is -2.33. The number of benzene rings is 1. The molecule has 1 aromatic rings. The molecular weight excluding hydrogens is 472 g/mol. The van der Waals surface area contributed by atoms with Gasteiger partial charge in [-0.05, 0) is 36.6 Å². The molecule has 182 valence electrons. The van der Waals surface area contributed by atoms with E-state index in [1.165, 1.54) is 6.08 Å². The van der Waals surface area contributed by atoms with Gasteiger partial charge in [-0.15, -0.1) is 0 Å². The summed E-state index contributed by atoms with van der Waals surface area (Å²) in [4.78, 5) is 30.2. The monoisotopic (exact) mass is 501 g/mol. The molecule has 7 nitrogen and oxygen atoms in total. The molecule has 2 heterocycles. The van der Waals surface area contributed by atoms with Gasteiger partial charge < -0.3 is 20.0 Å². The molecule has 1 aromatic carbocycles. The molecule has 2 aliphatic rings. The van der Waals surface area contributed by atoms with Crippen molar-refractivity contribution >= 4 is 41.1 Å². The van der Waals surface area contributed by atoms with Crippen LogP contribution in [0.4, 0.5) is 4.39 Å². The van der Waals surface area contributed by atoms with Crippen molar-refractivity contribution in [2.75, 3.05) is 45.8 Å². The zero-order chi connectivity index (χ0) is 24.0. The van der Waals surface area contributed by atoms with Crippen LogP contribution in [0.5, 0.6) is 0 Å². The minimum atomic E-state index is -1.21. The molecule has 2 amide bonds. The number of carbonyl (C=O) groups excluding carboxylic acids is 2. The molecule has 3 rings (SSSR count). The maximum absolute atomic E-state index is 13.4. The van der Waals surface area contributed by atoms with Crippen molar-refractivity contribution in [1.29, 1.82) is 0 Å². The summed E-state index contributed by atoms with van der Waals surface area (Å²) < 4.78 is 13.4. The molecule has 2 fully saturated rings. The van der Waals surface area contributed by atoms with Gasteiger partial charge in [-0.1, -0.05) is 29.3 Å². The molecule has 0 bridgehead atoms. The van der Waals surface area contributed by atoms with E-state index in [0.29, 0.717) is 55.7 Å². The number of carbonyl (C=O) groups is 2. The number of hydrogen-bond donors (Lipinski definition) is 2. The van der Waals surface area contributed by atoms with Gasteiger partial charge in [0.15, 0.2) is 0 Å². The molecule has 2 aliphatic heterocycles. The fourth-order valence-electron chi connectivity index (χ4n) is 4.04. The second-order valence-corrected chi connectivity index (χ2v) is 9.35. The first-order valence-corrected chi connectivity index (χ1v) is 11.9. The van der Waals surface area contributed by atoms with Crippen LogP contribution in [0, 0.1) is 0 Å². The Morgan fingerprint density at radius 2 is 2.00 bits per heavy atom. The second kappa shape index (κ2) is 12.1. The predicted octanol–water partition coefficient (Wildman–Crippen LogP) is 2.22. The first-order chi connectivity index (χ1) is 15.7. The van der Waals surface area contributed by atoms with Gasteiger partial charge in [-0.2, -0.15) is 0 Å². The van der Waals surface area contributed by atoms with Crippen LogP contribution in [-0.2, 0) is 9.59 Å². The first kappa shape index (κ1) is 25.9. The maximum atomic E-state index is 13.4. The van der Waals surface area contributed by atoms with E-state index < -0.39 is 18.4 Å². The number of β-amino-alcohol motifs (C(OH)–C–C–N with tert-alkyl or cyclic N) is 2. The van der Waals surface area contributed by atoms with Crippen LogP contribution < -0.4 is 0 Å². The van der Waals surface area contributed by atoms with Gasteiger partial charge in [0, 0.05) is 58.3 Å². The first-order valence-electron chi connectivity index (χ1n) is 11.2. The van der Waals surface area contributed by atoms with Gasteiger partial charge in [0.05, 0.1) is 22.3 Å². The lowest BCUT2D eigenvalue weighted by Crippen LogP contribution is -2.47. The van der Waals surface area contributed by atoms with Crippen molar-refractivity contribution in [3.8, 4) is 0 Å². The molecule has 1 unspecified atom stereocenters. The second-order valence-electron chi connectivity index (χ2n) is 8.54. The van der Waals surface area contributed by atoms with Crippen molar-refractivity contribution in [1.82, 2.24) is 14.7 Å². The summed E-state index contributed by atoms with van der Waals surface area (Å²) >= 11 is 11.9. The van der Waals surface area contributed by atoms with Crippen LogP contribution in [0.2, 0.25) is 10.0 Å². The van der Waals surface area contributed by atoms with E-state index in [-0.39, 0.29) is 31.2 Å². The molecular formula is C23H30Cl2FN3O4. The normalized spacial score (nSPS) is 23.7. The minimum Gasteiger partial charge on any atom is -0.392 e. The smallest absolute Gasteiger partial charge is 0.246 e. The number of piperidine rings is 1. The fraction of sp³-hybridized carbons (Fsp3) is 0.565. The molecule has 3 atom stereocenters. The van der Waals surface area contributed by atoms with Crippen LogP contribution in [0.25, 0.3) is 6.08 Å². The summed E-state index contributed by atoms with van der Waals surface area (Å²) in [5.74, 6) is -0.245.